The van der Waals surface area contributed by atoms with E-state index in [0.717, 1.165) is 5.56 Å². The zero-order chi connectivity index (χ0) is 19.8. The van der Waals surface area contributed by atoms with Gasteiger partial charge in [-0.25, -0.2) is 9.18 Å². The lowest BCUT2D eigenvalue weighted by Gasteiger charge is -2.10. The van der Waals surface area contributed by atoms with Gasteiger partial charge in [0.05, 0.1) is 0 Å². The number of carbonyl (C=O) groups excluding carboxylic acids is 2. The number of hydrogen-bond donors (Lipinski definition) is 3. The first-order valence-electron chi connectivity index (χ1n) is 8.86. The largest absolute Gasteiger partial charge is 0.338 e. The van der Waals surface area contributed by atoms with E-state index in [4.69, 9.17) is 0 Å². The van der Waals surface area contributed by atoms with E-state index in [-0.39, 0.29) is 17.8 Å². The zero-order valence-corrected chi connectivity index (χ0v) is 15.1. The molecule has 0 saturated carbocycles. The third kappa shape index (κ3) is 5.67. The second-order valence-corrected chi connectivity index (χ2v) is 6.16. The molecule has 0 spiro atoms. The van der Waals surface area contributed by atoms with Gasteiger partial charge in [-0.1, -0.05) is 36.4 Å². The summed E-state index contributed by atoms with van der Waals surface area (Å²) >= 11 is 0. The Morgan fingerprint density at radius 1 is 0.786 bits per heavy atom. The molecule has 0 bridgehead atoms. The first-order valence-corrected chi connectivity index (χ1v) is 8.86. The molecule has 0 fully saturated rings. The van der Waals surface area contributed by atoms with Crippen LogP contribution in [0.25, 0.3) is 0 Å². The fourth-order valence-electron chi connectivity index (χ4n) is 2.66. The Morgan fingerprint density at radius 2 is 1.50 bits per heavy atom. The Bertz CT molecular complexity index is 961. The van der Waals surface area contributed by atoms with Crippen LogP contribution in [-0.2, 0) is 6.42 Å². The predicted octanol–water partition coefficient (Wildman–Crippen LogP) is 4.44. The van der Waals surface area contributed by atoms with Crippen molar-refractivity contribution in [3.63, 3.8) is 0 Å². The highest BCUT2D eigenvalue weighted by atomic mass is 19.1. The van der Waals surface area contributed by atoms with Gasteiger partial charge in [-0.05, 0) is 54.4 Å². The SMILES string of the molecule is O=C(NCCc1cccc(F)c1)Nc1cccc(NC(=O)c2ccccc2)c1. The minimum atomic E-state index is -0.372. The number of benzene rings is 3. The van der Waals surface area contributed by atoms with Gasteiger partial charge in [0.15, 0.2) is 0 Å². The third-order valence-corrected chi connectivity index (χ3v) is 4.00. The van der Waals surface area contributed by atoms with Gasteiger partial charge in [-0.3, -0.25) is 4.79 Å². The Balaban J connectivity index is 1.51. The van der Waals surface area contributed by atoms with Crippen molar-refractivity contribution >= 4 is 23.3 Å². The second-order valence-electron chi connectivity index (χ2n) is 6.16. The highest BCUT2D eigenvalue weighted by Gasteiger charge is 2.07. The van der Waals surface area contributed by atoms with Crippen LogP contribution in [0, 0.1) is 5.82 Å². The van der Waals surface area contributed by atoms with Crippen LogP contribution in [0.3, 0.4) is 0 Å². The van der Waals surface area contributed by atoms with Gasteiger partial charge < -0.3 is 16.0 Å². The Labute approximate surface area is 162 Å². The number of rotatable bonds is 6. The van der Waals surface area contributed by atoms with Crippen molar-refractivity contribution in [3.8, 4) is 0 Å². The highest BCUT2D eigenvalue weighted by Crippen LogP contribution is 2.16. The van der Waals surface area contributed by atoms with Crippen LogP contribution in [0.2, 0.25) is 0 Å². The lowest BCUT2D eigenvalue weighted by Crippen LogP contribution is -2.30. The summed E-state index contributed by atoms with van der Waals surface area (Å²) in [6, 6.07) is 21.7. The Kier molecular flexibility index (Phi) is 6.36. The molecule has 3 rings (SSSR count). The highest BCUT2D eigenvalue weighted by molar-refractivity contribution is 6.04. The molecule has 0 aromatic heterocycles. The van der Waals surface area contributed by atoms with E-state index < -0.39 is 0 Å². The lowest BCUT2D eigenvalue weighted by atomic mass is 10.1. The van der Waals surface area contributed by atoms with E-state index in [9.17, 15) is 14.0 Å². The van der Waals surface area contributed by atoms with Crippen LogP contribution < -0.4 is 16.0 Å². The predicted molar refractivity (Wildman–Crippen MR) is 108 cm³/mol. The number of hydrogen-bond acceptors (Lipinski definition) is 2. The third-order valence-electron chi connectivity index (χ3n) is 4.00. The van der Waals surface area contributed by atoms with Gasteiger partial charge >= 0.3 is 6.03 Å². The summed E-state index contributed by atoms with van der Waals surface area (Å²) in [5, 5.41) is 8.24. The summed E-state index contributed by atoms with van der Waals surface area (Å²) in [7, 11) is 0. The molecule has 28 heavy (non-hydrogen) atoms. The summed E-state index contributed by atoms with van der Waals surface area (Å²) in [4.78, 5) is 24.3. The molecule has 0 aliphatic heterocycles. The maximum Gasteiger partial charge on any atom is 0.319 e. The number of anilines is 2. The average Bonchev–Trinajstić information content (AvgIpc) is 2.69. The molecule has 0 radical (unpaired) electrons. The van der Waals surface area contributed by atoms with Crippen molar-refractivity contribution in [1.82, 2.24) is 5.32 Å². The van der Waals surface area contributed by atoms with Crippen LogP contribution in [-0.4, -0.2) is 18.5 Å². The number of halogens is 1. The van der Waals surface area contributed by atoms with Crippen LogP contribution in [0.1, 0.15) is 15.9 Å². The van der Waals surface area contributed by atoms with E-state index in [1.54, 1.807) is 54.6 Å². The van der Waals surface area contributed by atoms with Crippen LogP contribution in [0.15, 0.2) is 78.9 Å². The van der Waals surface area contributed by atoms with E-state index in [0.29, 0.717) is 29.9 Å². The van der Waals surface area contributed by atoms with Crippen molar-refractivity contribution in [2.75, 3.05) is 17.2 Å². The van der Waals surface area contributed by atoms with Crippen LogP contribution in [0.4, 0.5) is 20.6 Å². The fraction of sp³-hybridized carbons (Fsp3) is 0.0909. The molecule has 3 aromatic rings. The van der Waals surface area contributed by atoms with Crippen molar-refractivity contribution in [2.45, 2.75) is 6.42 Å². The molecule has 3 aromatic carbocycles. The molecule has 0 unspecified atom stereocenters. The van der Waals surface area contributed by atoms with Crippen molar-refractivity contribution in [1.29, 1.82) is 0 Å². The van der Waals surface area contributed by atoms with Crippen molar-refractivity contribution < 1.29 is 14.0 Å². The molecular formula is C22H20FN3O2. The van der Waals surface area contributed by atoms with Crippen molar-refractivity contribution in [3.05, 3.63) is 95.8 Å². The molecule has 6 heteroatoms. The number of urea groups is 1. The van der Waals surface area contributed by atoms with Crippen LogP contribution in [0.5, 0.6) is 0 Å². The minimum absolute atomic E-state index is 0.225. The molecule has 5 nitrogen and oxygen atoms in total. The summed E-state index contributed by atoms with van der Waals surface area (Å²) in [5.41, 5.74) is 2.49. The summed E-state index contributed by atoms with van der Waals surface area (Å²) in [6.07, 6.45) is 0.526. The maximum atomic E-state index is 13.1. The zero-order valence-electron chi connectivity index (χ0n) is 15.1. The summed E-state index contributed by atoms with van der Waals surface area (Å²) in [5.74, 6) is -0.520. The minimum Gasteiger partial charge on any atom is -0.338 e. The smallest absolute Gasteiger partial charge is 0.319 e. The number of amides is 3. The molecule has 3 amide bonds. The lowest BCUT2D eigenvalue weighted by molar-refractivity contribution is 0.102. The van der Waals surface area contributed by atoms with Crippen molar-refractivity contribution in [2.24, 2.45) is 0 Å². The first-order chi connectivity index (χ1) is 13.6. The van der Waals surface area contributed by atoms with Gasteiger partial charge in [0, 0.05) is 23.5 Å². The Morgan fingerprint density at radius 3 is 2.25 bits per heavy atom. The van der Waals surface area contributed by atoms with Gasteiger partial charge in [0.25, 0.3) is 5.91 Å². The van der Waals surface area contributed by atoms with E-state index in [1.807, 2.05) is 12.1 Å². The average molecular weight is 377 g/mol. The Hall–Kier alpha value is -3.67. The summed E-state index contributed by atoms with van der Waals surface area (Å²) in [6.45, 7) is 0.375. The van der Waals surface area contributed by atoms with Gasteiger partial charge in [-0.15, -0.1) is 0 Å². The summed E-state index contributed by atoms with van der Waals surface area (Å²) < 4.78 is 13.1. The fourth-order valence-corrected chi connectivity index (χ4v) is 2.66. The maximum absolute atomic E-state index is 13.1. The standard InChI is InChI=1S/C22H20FN3O2/c23-18-9-4-6-16(14-18)12-13-24-22(28)26-20-11-5-10-19(15-20)25-21(27)17-7-2-1-3-8-17/h1-11,14-15H,12-13H2,(H,25,27)(H2,24,26,28). The molecule has 0 heterocycles. The van der Waals surface area contributed by atoms with Gasteiger partial charge in [0.1, 0.15) is 5.82 Å². The topological polar surface area (TPSA) is 70.2 Å². The number of carbonyl (C=O) groups is 2. The monoisotopic (exact) mass is 377 g/mol. The van der Waals surface area contributed by atoms with Crippen LogP contribution >= 0.6 is 0 Å². The molecule has 142 valence electrons. The van der Waals surface area contributed by atoms with E-state index in [1.165, 1.54) is 12.1 Å². The second kappa shape index (κ2) is 9.32. The molecule has 0 saturated heterocycles. The van der Waals surface area contributed by atoms with E-state index >= 15 is 0 Å². The van der Waals surface area contributed by atoms with Gasteiger partial charge in [-0.2, -0.15) is 0 Å². The normalized spacial score (nSPS) is 10.2. The first kappa shape index (κ1) is 19.1. The number of nitrogens with one attached hydrogen (secondary N) is 3. The molecule has 3 N–H and O–H groups in total. The molecular weight excluding hydrogens is 357 g/mol. The molecule has 0 atom stereocenters. The van der Waals surface area contributed by atoms with E-state index in [2.05, 4.69) is 16.0 Å². The van der Waals surface area contributed by atoms with Gasteiger partial charge in [0.2, 0.25) is 0 Å². The molecule has 0 aliphatic carbocycles. The quantitative estimate of drug-likeness (QED) is 0.594. The molecule has 0 aliphatic rings.